The molecule has 0 spiro atoms. The van der Waals surface area contributed by atoms with Crippen molar-refractivity contribution in [2.24, 2.45) is 0 Å². The summed E-state index contributed by atoms with van der Waals surface area (Å²) in [4.78, 5) is 4.06. The minimum Gasteiger partial charge on any atom is -0.244 e. The number of hydrogen-bond donors (Lipinski definition) is 0. The van der Waals surface area contributed by atoms with Crippen LogP contribution in [-0.2, 0) is 5.88 Å². The van der Waals surface area contributed by atoms with Crippen molar-refractivity contribution in [3.05, 3.63) is 98.7 Å². The van der Waals surface area contributed by atoms with Gasteiger partial charge in [0.15, 0.2) is 0 Å². The van der Waals surface area contributed by atoms with E-state index in [2.05, 4.69) is 11.1 Å². The van der Waals surface area contributed by atoms with Gasteiger partial charge in [-0.25, -0.2) is 4.98 Å². The van der Waals surface area contributed by atoms with Gasteiger partial charge in [-0.3, -0.25) is 0 Å². The smallest absolute Gasteiger partial charge is 0.129 e. The summed E-state index contributed by atoms with van der Waals surface area (Å²) in [5.41, 5.74) is 4.41. The van der Waals surface area contributed by atoms with Crippen LogP contribution < -0.4 is 0 Å². The van der Waals surface area contributed by atoms with Gasteiger partial charge in [-0.05, 0) is 59.5 Å². The molecular formula is C21H17Cl4N. The molecule has 0 aliphatic heterocycles. The Morgan fingerprint density at radius 2 is 1.42 bits per heavy atom. The highest BCUT2D eigenvalue weighted by molar-refractivity contribution is 6.31. The molecule has 134 valence electrons. The van der Waals surface area contributed by atoms with Crippen LogP contribution in [0.2, 0.25) is 15.2 Å². The molecule has 1 heterocycles. The lowest BCUT2D eigenvalue weighted by Crippen LogP contribution is -1.82. The summed E-state index contributed by atoms with van der Waals surface area (Å²) in [5, 5.41) is 2.00. The lowest BCUT2D eigenvalue weighted by Gasteiger charge is -2.01. The molecule has 2 aromatic carbocycles. The van der Waals surface area contributed by atoms with Crippen LogP contribution in [0.1, 0.15) is 23.6 Å². The molecule has 0 fully saturated rings. The number of halogens is 4. The summed E-state index contributed by atoms with van der Waals surface area (Å²) in [5.74, 6) is 0.553. The molecule has 0 radical (unpaired) electrons. The average Bonchev–Trinajstić information content (AvgIpc) is 2.65. The number of nitrogens with zero attached hydrogens (tertiary/aromatic N) is 1. The van der Waals surface area contributed by atoms with E-state index in [0.717, 1.165) is 32.3 Å². The zero-order valence-corrected chi connectivity index (χ0v) is 17.1. The van der Waals surface area contributed by atoms with Crippen LogP contribution in [0.25, 0.3) is 11.6 Å². The van der Waals surface area contributed by atoms with E-state index in [1.807, 2.05) is 61.5 Å². The standard InChI is InChI=1S/C14H11Cl2N.C7H6Cl2/c1-10(12-4-7-14(16)17-9-12)8-11-2-5-13(15)6-3-11;8-5-6-1-3-7(9)4-2-6/h2-9H,1H3;1-4H,5H2. The van der Waals surface area contributed by atoms with Crippen LogP contribution in [-0.4, -0.2) is 4.98 Å². The first-order valence-corrected chi connectivity index (χ1v) is 9.51. The third-order valence-corrected chi connectivity index (χ3v) is 4.54. The Morgan fingerprint density at radius 3 is 1.92 bits per heavy atom. The van der Waals surface area contributed by atoms with Crippen molar-refractivity contribution in [2.75, 3.05) is 0 Å². The van der Waals surface area contributed by atoms with Gasteiger partial charge in [0, 0.05) is 22.1 Å². The molecule has 5 heteroatoms. The fourth-order valence-electron chi connectivity index (χ4n) is 2.07. The topological polar surface area (TPSA) is 12.9 Å². The Bertz CT molecular complexity index is 839. The summed E-state index contributed by atoms with van der Waals surface area (Å²) in [6.07, 6.45) is 3.85. The van der Waals surface area contributed by atoms with Crippen LogP contribution in [0, 0.1) is 0 Å². The van der Waals surface area contributed by atoms with Crippen LogP contribution in [0.4, 0.5) is 0 Å². The van der Waals surface area contributed by atoms with Crippen molar-refractivity contribution >= 4 is 58.1 Å². The molecule has 3 rings (SSSR count). The molecule has 0 atom stereocenters. The van der Waals surface area contributed by atoms with Gasteiger partial charge in [0.05, 0.1) is 0 Å². The largest absolute Gasteiger partial charge is 0.244 e. The maximum absolute atomic E-state index is 5.84. The van der Waals surface area contributed by atoms with E-state index < -0.39 is 0 Å². The number of rotatable bonds is 3. The number of hydrogen-bond acceptors (Lipinski definition) is 1. The first kappa shape index (κ1) is 20.8. The first-order valence-electron chi connectivity index (χ1n) is 7.84. The summed E-state index contributed by atoms with van der Waals surface area (Å²) < 4.78 is 0. The van der Waals surface area contributed by atoms with Gasteiger partial charge >= 0.3 is 0 Å². The van der Waals surface area contributed by atoms with E-state index in [1.165, 1.54) is 0 Å². The van der Waals surface area contributed by atoms with E-state index in [0.29, 0.717) is 11.0 Å². The van der Waals surface area contributed by atoms with Gasteiger partial charge in [0.2, 0.25) is 0 Å². The normalized spacial score (nSPS) is 10.9. The summed E-state index contributed by atoms with van der Waals surface area (Å²) in [7, 11) is 0. The molecule has 26 heavy (non-hydrogen) atoms. The van der Waals surface area contributed by atoms with Crippen LogP contribution >= 0.6 is 46.4 Å². The molecular weight excluding hydrogens is 408 g/mol. The maximum Gasteiger partial charge on any atom is 0.129 e. The van der Waals surface area contributed by atoms with Gasteiger partial charge < -0.3 is 0 Å². The molecule has 1 aromatic heterocycles. The molecule has 0 bridgehead atoms. The Morgan fingerprint density at radius 1 is 0.846 bits per heavy atom. The van der Waals surface area contributed by atoms with Crippen LogP contribution in [0.15, 0.2) is 66.9 Å². The maximum atomic E-state index is 5.84. The van der Waals surface area contributed by atoms with Crippen molar-refractivity contribution < 1.29 is 0 Å². The van der Waals surface area contributed by atoms with E-state index >= 15 is 0 Å². The van der Waals surface area contributed by atoms with Crippen molar-refractivity contribution in [2.45, 2.75) is 12.8 Å². The zero-order chi connectivity index (χ0) is 18.9. The van der Waals surface area contributed by atoms with Gasteiger partial charge in [-0.2, -0.15) is 0 Å². The fourth-order valence-corrected chi connectivity index (χ4v) is 2.62. The second-order valence-electron chi connectivity index (χ2n) is 5.51. The summed E-state index contributed by atoms with van der Waals surface area (Å²) in [6.45, 7) is 2.04. The van der Waals surface area contributed by atoms with Crippen molar-refractivity contribution in [3.8, 4) is 0 Å². The highest BCUT2D eigenvalue weighted by Gasteiger charge is 1.97. The Kier molecular flexibility index (Phi) is 8.47. The van der Waals surface area contributed by atoms with E-state index in [-0.39, 0.29) is 0 Å². The molecule has 0 aliphatic rings. The highest BCUT2D eigenvalue weighted by atomic mass is 35.5. The fraction of sp³-hybridized carbons (Fsp3) is 0.0952. The third kappa shape index (κ3) is 7.01. The SMILES string of the molecule is CC(=Cc1ccc(Cl)cc1)c1ccc(Cl)nc1.ClCc1ccc(Cl)cc1. The highest BCUT2D eigenvalue weighted by Crippen LogP contribution is 2.19. The van der Waals surface area contributed by atoms with Gasteiger partial charge in [-0.1, -0.05) is 71.2 Å². The quantitative estimate of drug-likeness (QED) is 0.306. The monoisotopic (exact) mass is 423 g/mol. The Balaban J connectivity index is 0.000000228. The molecule has 0 aliphatic carbocycles. The number of pyridine rings is 1. The predicted molar refractivity (Wildman–Crippen MR) is 115 cm³/mol. The zero-order valence-electron chi connectivity index (χ0n) is 14.1. The molecule has 0 unspecified atom stereocenters. The van der Waals surface area contributed by atoms with Crippen molar-refractivity contribution in [1.82, 2.24) is 4.98 Å². The van der Waals surface area contributed by atoms with Crippen molar-refractivity contribution in [3.63, 3.8) is 0 Å². The Labute approximate surface area is 174 Å². The molecule has 1 nitrogen and oxygen atoms in total. The van der Waals surface area contributed by atoms with E-state index in [1.54, 1.807) is 12.3 Å². The number of allylic oxidation sites excluding steroid dienone is 1. The van der Waals surface area contributed by atoms with Crippen LogP contribution in [0.3, 0.4) is 0 Å². The second kappa shape index (κ2) is 10.6. The molecule has 0 saturated heterocycles. The summed E-state index contributed by atoms with van der Waals surface area (Å²) in [6, 6.07) is 18.9. The minimum atomic E-state index is 0.507. The van der Waals surface area contributed by atoms with Gasteiger partial charge in [0.1, 0.15) is 5.15 Å². The lowest BCUT2D eigenvalue weighted by atomic mass is 10.1. The second-order valence-corrected chi connectivity index (χ2v) is 7.04. The number of benzene rings is 2. The molecule has 3 aromatic rings. The van der Waals surface area contributed by atoms with Gasteiger partial charge in [0.25, 0.3) is 0 Å². The summed E-state index contributed by atoms with van der Waals surface area (Å²) >= 11 is 22.7. The molecule has 0 amide bonds. The lowest BCUT2D eigenvalue weighted by molar-refractivity contribution is 1.31. The van der Waals surface area contributed by atoms with Crippen molar-refractivity contribution in [1.29, 1.82) is 0 Å². The first-order chi connectivity index (χ1) is 12.5. The van der Waals surface area contributed by atoms with Gasteiger partial charge in [-0.15, -0.1) is 11.6 Å². The predicted octanol–water partition coefficient (Wildman–Crippen LogP) is 8.03. The van der Waals surface area contributed by atoms with E-state index in [4.69, 9.17) is 46.4 Å². The molecule has 0 N–H and O–H groups in total. The third-order valence-electron chi connectivity index (χ3n) is 3.50. The minimum absolute atomic E-state index is 0.507. The Hall–Kier alpha value is -1.51. The molecule has 0 saturated carbocycles. The van der Waals surface area contributed by atoms with E-state index in [9.17, 15) is 0 Å². The van der Waals surface area contributed by atoms with Crippen LogP contribution in [0.5, 0.6) is 0 Å². The number of alkyl halides is 1. The number of aromatic nitrogens is 1. The average molecular weight is 425 g/mol.